The summed E-state index contributed by atoms with van der Waals surface area (Å²) < 4.78 is 31.2. The molecular formula is C16H23N3O5S2. The predicted octanol–water partition coefficient (Wildman–Crippen LogP) is 1.53. The van der Waals surface area contributed by atoms with Crippen molar-refractivity contribution in [2.24, 2.45) is 0 Å². The van der Waals surface area contributed by atoms with Gasteiger partial charge in [0.25, 0.3) is 0 Å². The molecule has 0 aliphatic carbocycles. The van der Waals surface area contributed by atoms with Gasteiger partial charge in [-0.15, -0.1) is 0 Å². The lowest BCUT2D eigenvalue weighted by atomic mass is 10.3. The second-order valence-corrected chi connectivity index (χ2v) is 7.40. The van der Waals surface area contributed by atoms with Crippen molar-refractivity contribution in [2.75, 3.05) is 18.5 Å². The molecule has 1 amide bonds. The zero-order valence-corrected chi connectivity index (χ0v) is 16.3. The van der Waals surface area contributed by atoms with Crippen LogP contribution in [0.3, 0.4) is 0 Å². The number of ether oxygens (including phenoxy) is 1. The number of nitrogens with one attached hydrogen (secondary N) is 3. The lowest BCUT2D eigenvalue weighted by molar-refractivity contribution is -0.144. The Hall–Kier alpha value is -2.04. The lowest BCUT2D eigenvalue weighted by Crippen LogP contribution is -2.34. The Morgan fingerprint density at radius 2 is 1.77 bits per heavy atom. The maximum Gasteiger partial charge on any atom is 0.306 e. The summed E-state index contributed by atoms with van der Waals surface area (Å²) in [5.41, 5.74) is 0.523. The van der Waals surface area contributed by atoms with E-state index in [9.17, 15) is 18.0 Å². The minimum atomic E-state index is -3.53. The van der Waals surface area contributed by atoms with Gasteiger partial charge in [0, 0.05) is 18.7 Å². The van der Waals surface area contributed by atoms with Crippen molar-refractivity contribution >= 4 is 44.9 Å². The minimum Gasteiger partial charge on any atom is -0.466 e. The summed E-state index contributed by atoms with van der Waals surface area (Å²) >= 11 is 5.02. The van der Waals surface area contributed by atoms with Crippen LogP contribution in [0.25, 0.3) is 0 Å². The third kappa shape index (κ3) is 7.89. The van der Waals surface area contributed by atoms with Crippen LogP contribution >= 0.6 is 12.2 Å². The smallest absolute Gasteiger partial charge is 0.306 e. The summed E-state index contributed by atoms with van der Waals surface area (Å²) in [6.45, 7) is 4.19. The number of hydrogen-bond acceptors (Lipinski definition) is 6. The summed E-state index contributed by atoms with van der Waals surface area (Å²) in [7, 11) is -3.53. The van der Waals surface area contributed by atoms with Crippen LogP contribution in [-0.2, 0) is 24.3 Å². The first-order valence-electron chi connectivity index (χ1n) is 8.14. The fraction of sp³-hybridized carbons (Fsp3) is 0.438. The minimum absolute atomic E-state index is 0.0282. The van der Waals surface area contributed by atoms with Crippen molar-refractivity contribution < 1.29 is 22.7 Å². The van der Waals surface area contributed by atoms with Crippen LogP contribution in [0.5, 0.6) is 0 Å². The molecule has 26 heavy (non-hydrogen) atoms. The molecule has 0 bridgehead atoms. The number of hydrogen-bond donors (Lipinski definition) is 3. The Morgan fingerprint density at radius 3 is 2.35 bits per heavy atom. The molecule has 0 spiro atoms. The Labute approximate surface area is 158 Å². The first kappa shape index (κ1) is 22.0. The number of carbonyl (C=O) groups excluding carboxylic acids is 2. The second-order valence-electron chi connectivity index (χ2n) is 5.23. The van der Waals surface area contributed by atoms with Crippen molar-refractivity contribution in [1.82, 2.24) is 10.0 Å². The van der Waals surface area contributed by atoms with Crippen LogP contribution in [0.1, 0.15) is 33.1 Å². The number of anilines is 1. The molecule has 3 N–H and O–H groups in total. The summed E-state index contributed by atoms with van der Waals surface area (Å²) in [5, 5.41) is 5.27. The standard InChI is InChI=1S/C16H23N3O5S2/c1-3-11-17-26(22,23)13-7-5-12(6-8-13)18-16(25)19-14(20)9-10-15(21)24-4-2/h5-8,17H,3-4,9-11H2,1-2H3,(H2,18,19,20,25). The van der Waals surface area contributed by atoms with Crippen LogP contribution in [0.15, 0.2) is 29.2 Å². The number of rotatable bonds is 9. The van der Waals surface area contributed by atoms with Gasteiger partial charge in [0.15, 0.2) is 5.11 Å². The zero-order valence-electron chi connectivity index (χ0n) is 14.7. The van der Waals surface area contributed by atoms with Crippen LogP contribution in [0.2, 0.25) is 0 Å². The topological polar surface area (TPSA) is 114 Å². The van der Waals surface area contributed by atoms with Gasteiger partial charge in [-0.25, -0.2) is 13.1 Å². The first-order chi connectivity index (χ1) is 12.3. The van der Waals surface area contributed by atoms with Crippen LogP contribution in [-0.4, -0.2) is 38.6 Å². The molecule has 0 radical (unpaired) electrons. The molecule has 0 aliphatic heterocycles. The third-order valence-corrected chi connectivity index (χ3v) is 4.76. The van der Waals surface area contributed by atoms with Gasteiger partial charge in [-0.05, 0) is 49.8 Å². The molecule has 1 aromatic rings. The van der Waals surface area contributed by atoms with Gasteiger partial charge in [-0.2, -0.15) is 0 Å². The molecule has 8 nitrogen and oxygen atoms in total. The fourth-order valence-corrected chi connectivity index (χ4v) is 3.20. The molecule has 144 valence electrons. The number of sulfonamides is 1. The third-order valence-electron chi connectivity index (χ3n) is 3.08. The highest BCUT2D eigenvalue weighted by molar-refractivity contribution is 7.89. The number of amides is 1. The fourth-order valence-electron chi connectivity index (χ4n) is 1.84. The van der Waals surface area contributed by atoms with Gasteiger partial charge in [0.2, 0.25) is 15.9 Å². The average molecular weight is 402 g/mol. The summed E-state index contributed by atoms with van der Waals surface area (Å²) in [6, 6.07) is 5.95. The van der Waals surface area contributed by atoms with Gasteiger partial charge in [0.1, 0.15) is 0 Å². The number of esters is 1. The van der Waals surface area contributed by atoms with Crippen molar-refractivity contribution in [1.29, 1.82) is 0 Å². The molecular weight excluding hydrogens is 378 g/mol. The number of carbonyl (C=O) groups is 2. The van der Waals surface area contributed by atoms with Gasteiger partial charge in [0.05, 0.1) is 17.9 Å². The van der Waals surface area contributed by atoms with Gasteiger partial charge >= 0.3 is 5.97 Å². The molecule has 0 heterocycles. The van der Waals surface area contributed by atoms with E-state index < -0.39 is 21.9 Å². The molecule has 0 unspecified atom stereocenters. The molecule has 10 heteroatoms. The molecule has 0 saturated heterocycles. The SMILES string of the molecule is CCCNS(=O)(=O)c1ccc(NC(=S)NC(=O)CCC(=O)OCC)cc1. The van der Waals surface area contributed by atoms with E-state index in [4.69, 9.17) is 17.0 Å². The van der Waals surface area contributed by atoms with E-state index >= 15 is 0 Å². The van der Waals surface area contributed by atoms with Gasteiger partial charge in [-0.3, -0.25) is 9.59 Å². The van der Waals surface area contributed by atoms with E-state index in [0.717, 1.165) is 0 Å². The molecule has 0 saturated carbocycles. The van der Waals surface area contributed by atoms with Crippen molar-refractivity contribution in [3.8, 4) is 0 Å². The highest BCUT2D eigenvalue weighted by Gasteiger charge is 2.13. The average Bonchev–Trinajstić information content (AvgIpc) is 2.59. The van der Waals surface area contributed by atoms with Crippen LogP contribution in [0.4, 0.5) is 5.69 Å². The summed E-state index contributed by atoms with van der Waals surface area (Å²) in [6.07, 6.45) is 0.629. The van der Waals surface area contributed by atoms with E-state index in [0.29, 0.717) is 18.7 Å². The Balaban J connectivity index is 2.52. The maximum absolute atomic E-state index is 12.0. The maximum atomic E-state index is 12.0. The summed E-state index contributed by atoms with van der Waals surface area (Å²) in [4.78, 5) is 23.0. The number of thiocarbonyl (C=S) groups is 1. The normalized spacial score (nSPS) is 10.8. The summed E-state index contributed by atoms with van der Waals surface area (Å²) in [5.74, 6) is -0.867. The highest BCUT2D eigenvalue weighted by atomic mass is 32.2. The van der Waals surface area contributed by atoms with Gasteiger partial charge < -0.3 is 15.4 Å². The number of benzene rings is 1. The second kappa shape index (κ2) is 10.8. The quantitative estimate of drug-likeness (QED) is 0.425. The zero-order chi connectivity index (χ0) is 19.6. The largest absolute Gasteiger partial charge is 0.466 e. The van der Waals surface area contributed by atoms with Crippen LogP contribution < -0.4 is 15.4 Å². The molecule has 0 fully saturated rings. The monoisotopic (exact) mass is 401 g/mol. The molecule has 0 aromatic heterocycles. The van der Waals surface area contributed by atoms with E-state index in [1.165, 1.54) is 24.3 Å². The van der Waals surface area contributed by atoms with Crippen molar-refractivity contribution in [2.45, 2.75) is 38.0 Å². The molecule has 0 atom stereocenters. The molecule has 0 aliphatic rings. The van der Waals surface area contributed by atoms with E-state index in [1.807, 2.05) is 6.92 Å². The highest BCUT2D eigenvalue weighted by Crippen LogP contribution is 2.14. The predicted molar refractivity (Wildman–Crippen MR) is 102 cm³/mol. The van der Waals surface area contributed by atoms with Crippen LogP contribution in [0, 0.1) is 0 Å². The molecule has 1 rings (SSSR count). The Bertz CT molecular complexity index is 733. The molecule has 1 aromatic carbocycles. The van der Waals surface area contributed by atoms with Gasteiger partial charge in [-0.1, -0.05) is 6.92 Å². The lowest BCUT2D eigenvalue weighted by Gasteiger charge is -2.10. The van der Waals surface area contributed by atoms with E-state index in [-0.39, 0.29) is 29.5 Å². The van der Waals surface area contributed by atoms with E-state index in [1.54, 1.807) is 6.92 Å². The van der Waals surface area contributed by atoms with Crippen molar-refractivity contribution in [3.63, 3.8) is 0 Å². The Morgan fingerprint density at radius 1 is 1.12 bits per heavy atom. The van der Waals surface area contributed by atoms with E-state index in [2.05, 4.69) is 15.4 Å². The first-order valence-corrected chi connectivity index (χ1v) is 10.0. The van der Waals surface area contributed by atoms with Crippen molar-refractivity contribution in [3.05, 3.63) is 24.3 Å². The Kier molecular flexibility index (Phi) is 9.17.